The van der Waals surface area contributed by atoms with Crippen LogP contribution in [0.4, 0.5) is 5.82 Å². The predicted molar refractivity (Wildman–Crippen MR) is 80.6 cm³/mol. The summed E-state index contributed by atoms with van der Waals surface area (Å²) in [5.74, 6) is 0.238. The highest BCUT2D eigenvalue weighted by Gasteiger charge is 2.22. The number of anilines is 1. The lowest BCUT2D eigenvalue weighted by molar-refractivity contribution is 0.0821. The Labute approximate surface area is 125 Å². The molecule has 0 aliphatic rings. The summed E-state index contributed by atoms with van der Waals surface area (Å²) in [6, 6.07) is 3.19. The minimum absolute atomic E-state index is 0.229. The van der Waals surface area contributed by atoms with E-state index in [1.165, 1.54) is 4.90 Å². The molecule has 2 N–H and O–H groups in total. The molecular weight excluding hydrogens is 294 g/mol. The first-order valence-corrected chi connectivity index (χ1v) is 8.17. The Morgan fingerprint density at radius 3 is 2.33 bits per heavy atom. The molecule has 9 heteroatoms. The van der Waals surface area contributed by atoms with E-state index in [0.717, 1.165) is 6.26 Å². The van der Waals surface area contributed by atoms with Crippen molar-refractivity contribution in [3.8, 4) is 0 Å². The van der Waals surface area contributed by atoms with Gasteiger partial charge in [0.25, 0.3) is 5.91 Å². The number of hydrogen-bond acceptors (Lipinski definition) is 6. The van der Waals surface area contributed by atoms with Crippen molar-refractivity contribution in [1.29, 1.82) is 0 Å². The van der Waals surface area contributed by atoms with Gasteiger partial charge in [0.15, 0.2) is 5.69 Å². The van der Waals surface area contributed by atoms with Crippen molar-refractivity contribution in [2.45, 2.75) is 19.4 Å². The molecule has 0 aliphatic heterocycles. The van der Waals surface area contributed by atoms with E-state index in [-0.39, 0.29) is 11.6 Å². The van der Waals surface area contributed by atoms with Crippen LogP contribution >= 0.6 is 0 Å². The molecule has 1 rings (SSSR count). The van der Waals surface area contributed by atoms with Gasteiger partial charge in [-0.3, -0.25) is 4.79 Å². The van der Waals surface area contributed by atoms with Gasteiger partial charge in [-0.25, -0.2) is 13.1 Å². The summed E-state index contributed by atoms with van der Waals surface area (Å²) in [5, 5.41) is 10.7. The fourth-order valence-electron chi connectivity index (χ4n) is 1.62. The molecule has 0 bridgehead atoms. The maximum Gasteiger partial charge on any atom is 0.273 e. The first kappa shape index (κ1) is 17.3. The maximum atomic E-state index is 11.7. The number of carbonyl (C=O) groups excluding carboxylic acids is 1. The summed E-state index contributed by atoms with van der Waals surface area (Å²) < 4.78 is 25.0. The first-order valence-electron chi connectivity index (χ1n) is 6.28. The summed E-state index contributed by atoms with van der Waals surface area (Å²) >= 11 is 0. The third-order valence-corrected chi connectivity index (χ3v) is 3.39. The SMILES string of the molecule is CN(C)C(=O)c1ccc(NCC(C)(C)NS(C)(=O)=O)nn1. The lowest BCUT2D eigenvalue weighted by atomic mass is 10.1. The van der Waals surface area contributed by atoms with Gasteiger partial charge in [-0.2, -0.15) is 0 Å². The van der Waals surface area contributed by atoms with Crippen molar-refractivity contribution < 1.29 is 13.2 Å². The molecule has 0 fully saturated rings. The lowest BCUT2D eigenvalue weighted by Gasteiger charge is -2.25. The van der Waals surface area contributed by atoms with Crippen LogP contribution in [0.3, 0.4) is 0 Å². The molecule has 0 saturated carbocycles. The molecule has 0 aliphatic carbocycles. The highest BCUT2D eigenvalue weighted by molar-refractivity contribution is 7.88. The van der Waals surface area contributed by atoms with Gasteiger partial charge in [0, 0.05) is 26.2 Å². The highest BCUT2D eigenvalue weighted by atomic mass is 32.2. The smallest absolute Gasteiger partial charge is 0.273 e. The molecule has 0 radical (unpaired) electrons. The third kappa shape index (κ3) is 6.05. The second kappa shape index (κ2) is 6.35. The summed E-state index contributed by atoms with van der Waals surface area (Å²) in [5.41, 5.74) is -0.424. The molecule has 0 atom stereocenters. The van der Waals surface area contributed by atoms with Gasteiger partial charge >= 0.3 is 0 Å². The van der Waals surface area contributed by atoms with Crippen molar-refractivity contribution in [2.24, 2.45) is 0 Å². The summed E-state index contributed by atoms with van der Waals surface area (Å²) in [6.07, 6.45) is 1.11. The number of nitrogens with zero attached hydrogens (tertiary/aromatic N) is 3. The second-order valence-corrected chi connectivity index (χ2v) is 7.36. The standard InChI is InChI=1S/C12H21N5O3S/c1-12(2,16-21(5,19)20)8-13-10-7-6-9(14-15-10)11(18)17(3)4/h6-7,16H,8H2,1-5H3,(H,13,15). The van der Waals surface area contributed by atoms with Crippen molar-refractivity contribution >= 4 is 21.7 Å². The molecule has 0 spiro atoms. The van der Waals surface area contributed by atoms with Gasteiger partial charge in [0.1, 0.15) is 5.82 Å². The Morgan fingerprint density at radius 1 is 1.29 bits per heavy atom. The minimum atomic E-state index is -3.29. The second-order valence-electron chi connectivity index (χ2n) is 5.62. The predicted octanol–water partition coefficient (Wildman–Crippen LogP) is -0.0819. The Kier molecular flexibility index (Phi) is 5.24. The summed E-state index contributed by atoms with van der Waals surface area (Å²) in [7, 11) is -0.0209. The minimum Gasteiger partial charge on any atom is -0.367 e. The Hall–Kier alpha value is -1.74. The molecular formula is C12H21N5O3S. The average molecular weight is 315 g/mol. The maximum absolute atomic E-state index is 11.7. The van der Waals surface area contributed by atoms with Gasteiger partial charge in [0.05, 0.1) is 6.26 Å². The number of hydrogen-bond donors (Lipinski definition) is 2. The zero-order chi connectivity index (χ0) is 16.3. The van der Waals surface area contributed by atoms with Crippen LogP contribution in [-0.2, 0) is 10.0 Å². The number of rotatable bonds is 6. The van der Waals surface area contributed by atoms with Crippen LogP contribution in [0.5, 0.6) is 0 Å². The lowest BCUT2D eigenvalue weighted by Crippen LogP contribution is -2.47. The molecule has 0 aromatic carbocycles. The number of aromatic nitrogens is 2. The van der Waals surface area contributed by atoms with Crippen molar-refractivity contribution in [2.75, 3.05) is 32.2 Å². The Bertz CT molecular complexity index is 596. The zero-order valence-corrected chi connectivity index (χ0v) is 13.7. The Balaban J connectivity index is 2.67. The summed E-state index contributed by atoms with van der Waals surface area (Å²) in [6.45, 7) is 3.83. The molecule has 1 amide bonds. The van der Waals surface area contributed by atoms with Gasteiger partial charge in [-0.15, -0.1) is 10.2 Å². The van der Waals surface area contributed by atoms with Gasteiger partial charge in [0.2, 0.25) is 10.0 Å². The van der Waals surface area contributed by atoms with E-state index in [9.17, 15) is 13.2 Å². The van der Waals surface area contributed by atoms with E-state index >= 15 is 0 Å². The molecule has 118 valence electrons. The molecule has 1 aromatic rings. The number of amides is 1. The Morgan fingerprint density at radius 2 is 1.90 bits per heavy atom. The van der Waals surface area contributed by atoms with E-state index in [2.05, 4.69) is 20.2 Å². The van der Waals surface area contributed by atoms with Crippen molar-refractivity contribution in [1.82, 2.24) is 19.8 Å². The fourth-order valence-corrected chi connectivity index (χ4v) is 2.70. The van der Waals surface area contributed by atoms with Crippen LogP contribution in [0, 0.1) is 0 Å². The van der Waals surface area contributed by atoms with Crippen LogP contribution in [0.2, 0.25) is 0 Å². The van der Waals surface area contributed by atoms with Crippen LogP contribution in [0.1, 0.15) is 24.3 Å². The molecule has 1 aromatic heterocycles. The van der Waals surface area contributed by atoms with Gasteiger partial charge in [-0.05, 0) is 26.0 Å². The summed E-state index contributed by atoms with van der Waals surface area (Å²) in [4.78, 5) is 13.1. The van der Waals surface area contributed by atoms with E-state index in [1.807, 2.05) is 0 Å². The quantitative estimate of drug-likeness (QED) is 0.761. The van der Waals surface area contributed by atoms with E-state index < -0.39 is 15.6 Å². The largest absolute Gasteiger partial charge is 0.367 e. The van der Waals surface area contributed by atoms with Crippen molar-refractivity contribution in [3.05, 3.63) is 17.8 Å². The monoisotopic (exact) mass is 315 g/mol. The topological polar surface area (TPSA) is 104 Å². The van der Waals surface area contributed by atoms with Crippen LogP contribution in [0.25, 0.3) is 0 Å². The number of nitrogens with one attached hydrogen (secondary N) is 2. The van der Waals surface area contributed by atoms with Crippen LogP contribution in [-0.4, -0.2) is 61.9 Å². The van der Waals surface area contributed by atoms with Crippen LogP contribution < -0.4 is 10.0 Å². The third-order valence-electron chi connectivity index (χ3n) is 2.46. The first-order chi connectivity index (χ1) is 9.50. The van der Waals surface area contributed by atoms with E-state index in [1.54, 1.807) is 40.1 Å². The van der Waals surface area contributed by atoms with E-state index in [0.29, 0.717) is 12.4 Å². The molecule has 0 unspecified atom stereocenters. The number of carbonyl (C=O) groups is 1. The van der Waals surface area contributed by atoms with Gasteiger partial charge < -0.3 is 10.2 Å². The molecule has 21 heavy (non-hydrogen) atoms. The van der Waals surface area contributed by atoms with Gasteiger partial charge in [-0.1, -0.05) is 0 Å². The van der Waals surface area contributed by atoms with Crippen LogP contribution in [0.15, 0.2) is 12.1 Å². The normalized spacial score (nSPS) is 12.0. The average Bonchev–Trinajstić information content (AvgIpc) is 2.33. The fraction of sp³-hybridized carbons (Fsp3) is 0.583. The zero-order valence-electron chi connectivity index (χ0n) is 12.8. The number of sulfonamides is 1. The molecule has 0 saturated heterocycles. The van der Waals surface area contributed by atoms with Crippen molar-refractivity contribution in [3.63, 3.8) is 0 Å². The highest BCUT2D eigenvalue weighted by Crippen LogP contribution is 2.08. The molecule has 8 nitrogen and oxygen atoms in total. The van der Waals surface area contributed by atoms with E-state index in [4.69, 9.17) is 0 Å². The molecule has 1 heterocycles.